The van der Waals surface area contributed by atoms with Gasteiger partial charge in [-0.1, -0.05) is 0 Å². The van der Waals surface area contributed by atoms with E-state index in [0.29, 0.717) is 13.1 Å². The Kier molecular flexibility index (Phi) is 5.09. The van der Waals surface area contributed by atoms with Crippen LogP contribution in [0.1, 0.15) is 6.92 Å². The van der Waals surface area contributed by atoms with Crippen LogP contribution in [0.5, 0.6) is 0 Å². The van der Waals surface area contributed by atoms with Gasteiger partial charge in [0.1, 0.15) is 5.01 Å². The number of hydrogen-bond acceptors (Lipinski definition) is 4. The van der Waals surface area contributed by atoms with Gasteiger partial charge in [-0.05, 0) is 31.2 Å². The molecule has 2 aromatic rings. The summed E-state index contributed by atoms with van der Waals surface area (Å²) >= 11 is 1.58. The SMILES string of the molecule is CCN(CCO)C(=O)Nc1ccc(-c2nccs2)cc1. The highest BCUT2D eigenvalue weighted by atomic mass is 32.1. The van der Waals surface area contributed by atoms with Crippen LogP contribution in [0.15, 0.2) is 35.8 Å². The Balaban J connectivity index is 2.02. The lowest BCUT2D eigenvalue weighted by molar-refractivity contribution is 0.192. The number of anilines is 1. The Hall–Kier alpha value is -1.92. The molecule has 0 atom stereocenters. The molecule has 1 aromatic carbocycles. The van der Waals surface area contributed by atoms with Crippen molar-refractivity contribution in [1.29, 1.82) is 0 Å². The van der Waals surface area contributed by atoms with Crippen molar-refractivity contribution in [2.75, 3.05) is 25.0 Å². The van der Waals surface area contributed by atoms with Crippen LogP contribution in [-0.2, 0) is 0 Å². The number of urea groups is 1. The van der Waals surface area contributed by atoms with Gasteiger partial charge in [0.05, 0.1) is 6.61 Å². The molecule has 5 nitrogen and oxygen atoms in total. The third kappa shape index (κ3) is 3.55. The number of aliphatic hydroxyl groups is 1. The Bertz CT molecular complexity index is 540. The normalized spacial score (nSPS) is 10.3. The molecule has 0 radical (unpaired) electrons. The quantitative estimate of drug-likeness (QED) is 0.890. The molecule has 0 saturated heterocycles. The number of likely N-dealkylation sites (N-methyl/N-ethyl adjacent to an activating group) is 1. The van der Waals surface area contributed by atoms with Crippen molar-refractivity contribution >= 4 is 23.1 Å². The number of aliphatic hydroxyl groups excluding tert-OH is 1. The van der Waals surface area contributed by atoms with Gasteiger partial charge < -0.3 is 15.3 Å². The van der Waals surface area contributed by atoms with E-state index >= 15 is 0 Å². The summed E-state index contributed by atoms with van der Waals surface area (Å²) in [4.78, 5) is 17.7. The van der Waals surface area contributed by atoms with Gasteiger partial charge in [-0.15, -0.1) is 11.3 Å². The number of hydrogen-bond donors (Lipinski definition) is 2. The number of nitrogens with one attached hydrogen (secondary N) is 1. The van der Waals surface area contributed by atoms with Gasteiger partial charge in [-0.25, -0.2) is 9.78 Å². The molecule has 0 saturated carbocycles. The van der Waals surface area contributed by atoms with E-state index in [1.165, 1.54) is 0 Å². The molecule has 1 heterocycles. The van der Waals surface area contributed by atoms with Gasteiger partial charge in [0.15, 0.2) is 0 Å². The number of carbonyl (C=O) groups excluding carboxylic acids is 1. The summed E-state index contributed by atoms with van der Waals surface area (Å²) in [6.07, 6.45) is 1.77. The third-order valence-electron chi connectivity index (χ3n) is 2.85. The van der Waals surface area contributed by atoms with Crippen LogP contribution >= 0.6 is 11.3 Å². The van der Waals surface area contributed by atoms with Crippen LogP contribution in [0.2, 0.25) is 0 Å². The molecule has 0 spiro atoms. The molecule has 1 aromatic heterocycles. The summed E-state index contributed by atoms with van der Waals surface area (Å²) in [6.45, 7) is 2.73. The van der Waals surface area contributed by atoms with Crippen molar-refractivity contribution < 1.29 is 9.90 Å². The van der Waals surface area contributed by atoms with Crippen molar-refractivity contribution in [3.05, 3.63) is 35.8 Å². The number of carbonyl (C=O) groups is 1. The fourth-order valence-electron chi connectivity index (χ4n) is 1.79. The number of aromatic nitrogens is 1. The van der Waals surface area contributed by atoms with Gasteiger partial charge in [0, 0.05) is 35.9 Å². The lowest BCUT2D eigenvalue weighted by Crippen LogP contribution is -2.36. The van der Waals surface area contributed by atoms with Crippen molar-refractivity contribution in [3.63, 3.8) is 0 Å². The zero-order chi connectivity index (χ0) is 14.4. The van der Waals surface area contributed by atoms with Gasteiger partial charge >= 0.3 is 6.03 Å². The van der Waals surface area contributed by atoms with E-state index in [-0.39, 0.29) is 12.6 Å². The first-order valence-corrected chi connectivity index (χ1v) is 7.29. The second-order valence-electron chi connectivity index (χ2n) is 4.15. The van der Waals surface area contributed by atoms with Crippen LogP contribution < -0.4 is 5.32 Å². The first-order chi connectivity index (χ1) is 9.74. The zero-order valence-corrected chi connectivity index (χ0v) is 12.1. The molecule has 20 heavy (non-hydrogen) atoms. The fraction of sp³-hybridized carbons (Fsp3) is 0.286. The Morgan fingerprint density at radius 2 is 2.15 bits per heavy atom. The fourth-order valence-corrected chi connectivity index (χ4v) is 2.43. The summed E-state index contributed by atoms with van der Waals surface area (Å²) in [5.74, 6) is 0. The predicted molar refractivity (Wildman–Crippen MR) is 80.9 cm³/mol. The number of nitrogens with zero attached hydrogens (tertiary/aromatic N) is 2. The van der Waals surface area contributed by atoms with Gasteiger partial charge in [0.25, 0.3) is 0 Å². The molecular weight excluding hydrogens is 274 g/mol. The molecule has 0 bridgehead atoms. The minimum atomic E-state index is -0.205. The van der Waals surface area contributed by atoms with Crippen LogP contribution in [-0.4, -0.2) is 40.7 Å². The molecule has 0 fully saturated rings. The molecule has 2 rings (SSSR count). The lowest BCUT2D eigenvalue weighted by atomic mass is 10.2. The summed E-state index contributed by atoms with van der Waals surface area (Å²) < 4.78 is 0. The number of amides is 2. The van der Waals surface area contributed by atoms with E-state index in [4.69, 9.17) is 5.11 Å². The lowest BCUT2D eigenvalue weighted by Gasteiger charge is -2.20. The van der Waals surface area contributed by atoms with E-state index < -0.39 is 0 Å². The maximum absolute atomic E-state index is 11.9. The first-order valence-electron chi connectivity index (χ1n) is 6.41. The highest BCUT2D eigenvalue weighted by molar-refractivity contribution is 7.13. The number of benzene rings is 1. The topological polar surface area (TPSA) is 65.5 Å². The molecule has 0 aliphatic heterocycles. The zero-order valence-electron chi connectivity index (χ0n) is 11.2. The average Bonchev–Trinajstić information content (AvgIpc) is 2.99. The first kappa shape index (κ1) is 14.5. The Morgan fingerprint density at radius 3 is 2.70 bits per heavy atom. The van der Waals surface area contributed by atoms with Crippen LogP contribution in [0.3, 0.4) is 0 Å². The molecule has 0 aliphatic rings. The Labute approximate surface area is 121 Å². The molecule has 106 valence electrons. The molecular formula is C14H17N3O2S. The molecule has 0 unspecified atom stereocenters. The number of thiazole rings is 1. The van der Waals surface area contributed by atoms with Crippen LogP contribution in [0, 0.1) is 0 Å². The van der Waals surface area contributed by atoms with Crippen LogP contribution in [0.25, 0.3) is 10.6 Å². The second-order valence-corrected chi connectivity index (χ2v) is 5.04. The standard InChI is InChI=1S/C14H17N3O2S/c1-2-17(8-9-18)14(19)16-12-5-3-11(4-6-12)13-15-7-10-20-13/h3-7,10,18H,2,8-9H2,1H3,(H,16,19). The average molecular weight is 291 g/mol. The van der Waals surface area contributed by atoms with E-state index in [9.17, 15) is 4.79 Å². The number of rotatable bonds is 5. The Morgan fingerprint density at radius 1 is 1.40 bits per heavy atom. The maximum Gasteiger partial charge on any atom is 0.321 e. The molecule has 2 N–H and O–H groups in total. The van der Waals surface area contributed by atoms with E-state index in [1.807, 2.05) is 36.6 Å². The van der Waals surface area contributed by atoms with Crippen molar-refractivity contribution in [3.8, 4) is 10.6 Å². The minimum absolute atomic E-state index is 0.0375. The summed E-state index contributed by atoms with van der Waals surface area (Å²) in [6, 6.07) is 7.35. The van der Waals surface area contributed by atoms with E-state index in [2.05, 4.69) is 10.3 Å². The highest BCUT2D eigenvalue weighted by Gasteiger charge is 2.10. The molecule has 6 heteroatoms. The minimum Gasteiger partial charge on any atom is -0.395 e. The van der Waals surface area contributed by atoms with Crippen molar-refractivity contribution in [1.82, 2.24) is 9.88 Å². The van der Waals surface area contributed by atoms with E-state index in [0.717, 1.165) is 16.3 Å². The highest BCUT2D eigenvalue weighted by Crippen LogP contribution is 2.23. The van der Waals surface area contributed by atoms with Gasteiger partial charge in [0.2, 0.25) is 0 Å². The van der Waals surface area contributed by atoms with E-state index in [1.54, 1.807) is 22.4 Å². The largest absolute Gasteiger partial charge is 0.395 e. The molecule has 2 amide bonds. The monoisotopic (exact) mass is 291 g/mol. The smallest absolute Gasteiger partial charge is 0.321 e. The molecule has 0 aliphatic carbocycles. The van der Waals surface area contributed by atoms with Gasteiger partial charge in [-0.3, -0.25) is 0 Å². The maximum atomic E-state index is 11.9. The predicted octanol–water partition coefficient (Wildman–Crippen LogP) is 2.66. The van der Waals surface area contributed by atoms with Crippen LogP contribution in [0.4, 0.5) is 10.5 Å². The second kappa shape index (κ2) is 7.02. The van der Waals surface area contributed by atoms with Crippen molar-refractivity contribution in [2.24, 2.45) is 0 Å². The summed E-state index contributed by atoms with van der Waals surface area (Å²) in [7, 11) is 0. The summed E-state index contributed by atoms with van der Waals surface area (Å²) in [5.41, 5.74) is 1.76. The third-order valence-corrected chi connectivity index (χ3v) is 3.68. The summed E-state index contributed by atoms with van der Waals surface area (Å²) in [5, 5.41) is 14.6. The van der Waals surface area contributed by atoms with Crippen molar-refractivity contribution in [2.45, 2.75) is 6.92 Å². The van der Waals surface area contributed by atoms with Gasteiger partial charge in [-0.2, -0.15) is 0 Å².